The van der Waals surface area contributed by atoms with Crippen LogP contribution >= 0.6 is 0 Å². The molecular formula is C13H27Si. The zero-order valence-electron chi connectivity index (χ0n) is 10.5. The molecule has 1 aliphatic carbocycles. The number of hydrogen-bond donors (Lipinski definition) is 0. The van der Waals surface area contributed by atoms with Crippen molar-refractivity contribution in [1.29, 1.82) is 0 Å². The monoisotopic (exact) mass is 211 g/mol. The average molecular weight is 211 g/mol. The highest BCUT2D eigenvalue weighted by Crippen LogP contribution is 2.33. The highest BCUT2D eigenvalue weighted by atomic mass is 28.3. The lowest BCUT2D eigenvalue weighted by Crippen LogP contribution is -2.25. The topological polar surface area (TPSA) is 0 Å². The number of hydrogen-bond acceptors (Lipinski definition) is 0. The summed E-state index contributed by atoms with van der Waals surface area (Å²) in [5.41, 5.74) is 1.95. The summed E-state index contributed by atoms with van der Waals surface area (Å²) in [6.45, 7) is 9.77. The number of rotatable bonds is 4. The summed E-state index contributed by atoms with van der Waals surface area (Å²) in [5.74, 6) is 1.10. The van der Waals surface area contributed by atoms with Crippen molar-refractivity contribution in [1.82, 2.24) is 0 Å². The first-order valence-corrected chi connectivity index (χ1v) is 8.33. The van der Waals surface area contributed by atoms with Crippen LogP contribution in [-0.2, 0) is 0 Å². The van der Waals surface area contributed by atoms with Crippen molar-refractivity contribution in [2.45, 2.75) is 76.9 Å². The van der Waals surface area contributed by atoms with Crippen LogP contribution in [0.3, 0.4) is 0 Å². The molecular weight excluding hydrogens is 184 g/mol. The maximum atomic E-state index is 2.44. The highest BCUT2D eigenvalue weighted by molar-refractivity contribution is 6.61. The van der Waals surface area contributed by atoms with Gasteiger partial charge < -0.3 is 0 Å². The molecule has 0 aromatic carbocycles. The Kier molecular flexibility index (Phi) is 5.22. The Hall–Kier alpha value is 0.217. The molecule has 14 heavy (non-hydrogen) atoms. The fraction of sp³-hybridized carbons (Fsp3) is 1.00. The molecule has 1 heteroatoms. The molecule has 83 valence electrons. The summed E-state index contributed by atoms with van der Waals surface area (Å²) in [4.78, 5) is 0. The van der Waals surface area contributed by atoms with E-state index in [0.29, 0.717) is 0 Å². The molecule has 0 bridgehead atoms. The third-order valence-electron chi connectivity index (χ3n) is 3.73. The molecule has 0 atom stereocenters. The van der Waals surface area contributed by atoms with Crippen LogP contribution in [0.5, 0.6) is 0 Å². The molecule has 0 aromatic heterocycles. The molecule has 1 saturated carbocycles. The van der Waals surface area contributed by atoms with Crippen molar-refractivity contribution in [3.05, 3.63) is 0 Å². The zero-order valence-corrected chi connectivity index (χ0v) is 11.5. The average Bonchev–Trinajstić information content (AvgIpc) is 2.15. The summed E-state index contributed by atoms with van der Waals surface area (Å²) in [6, 6.07) is 1.60. The molecule has 1 fully saturated rings. The quantitative estimate of drug-likeness (QED) is 0.581. The van der Waals surface area contributed by atoms with Gasteiger partial charge in [-0.15, -0.1) is 0 Å². The van der Waals surface area contributed by atoms with Crippen LogP contribution in [0.25, 0.3) is 0 Å². The van der Waals surface area contributed by atoms with E-state index in [1.807, 2.05) is 0 Å². The molecule has 0 saturated heterocycles. The maximum absolute atomic E-state index is 2.44. The fourth-order valence-electron chi connectivity index (χ4n) is 2.86. The molecule has 0 aliphatic heterocycles. The molecule has 0 spiro atoms. The van der Waals surface area contributed by atoms with E-state index >= 15 is 0 Å². The molecule has 0 N–H and O–H groups in total. The third kappa shape index (κ3) is 3.76. The normalized spacial score (nSPS) is 19.9. The Bertz CT molecular complexity index is 137. The van der Waals surface area contributed by atoms with E-state index in [2.05, 4.69) is 27.7 Å². The van der Waals surface area contributed by atoms with Gasteiger partial charge in [-0.1, -0.05) is 76.9 Å². The van der Waals surface area contributed by atoms with Crippen molar-refractivity contribution in [2.24, 2.45) is 5.92 Å². The van der Waals surface area contributed by atoms with Crippen molar-refractivity contribution in [3.8, 4) is 0 Å². The Labute approximate surface area is 92.1 Å². The van der Waals surface area contributed by atoms with E-state index in [0.717, 1.165) is 17.0 Å². The lowest BCUT2D eigenvalue weighted by atomic mass is 9.91. The van der Waals surface area contributed by atoms with Crippen LogP contribution in [0.1, 0.15) is 59.8 Å². The maximum Gasteiger partial charge on any atom is 0.0537 e. The van der Waals surface area contributed by atoms with Crippen molar-refractivity contribution >= 4 is 8.80 Å². The Morgan fingerprint density at radius 1 is 0.929 bits per heavy atom. The fourth-order valence-corrected chi connectivity index (χ4v) is 6.21. The molecule has 0 amide bonds. The molecule has 1 rings (SSSR count). The van der Waals surface area contributed by atoms with E-state index in [1.165, 1.54) is 32.1 Å². The van der Waals surface area contributed by atoms with Crippen LogP contribution < -0.4 is 0 Å². The molecule has 1 radical (unpaired) electrons. The highest BCUT2D eigenvalue weighted by Gasteiger charge is 2.24. The lowest BCUT2D eigenvalue weighted by Gasteiger charge is -2.29. The van der Waals surface area contributed by atoms with Gasteiger partial charge in [-0.05, 0) is 5.92 Å². The van der Waals surface area contributed by atoms with Crippen LogP contribution in [0.2, 0.25) is 17.1 Å². The van der Waals surface area contributed by atoms with Gasteiger partial charge in [-0.2, -0.15) is 0 Å². The van der Waals surface area contributed by atoms with Crippen LogP contribution in [0.15, 0.2) is 0 Å². The van der Waals surface area contributed by atoms with Crippen LogP contribution in [0.4, 0.5) is 0 Å². The minimum absolute atomic E-state index is 0.0776. The van der Waals surface area contributed by atoms with Gasteiger partial charge >= 0.3 is 0 Å². The molecule has 0 heterocycles. The second kappa shape index (κ2) is 5.94. The van der Waals surface area contributed by atoms with E-state index < -0.39 is 0 Å². The molecule has 0 nitrogen and oxygen atoms in total. The van der Waals surface area contributed by atoms with Crippen LogP contribution in [-0.4, -0.2) is 8.80 Å². The van der Waals surface area contributed by atoms with Gasteiger partial charge in [-0.3, -0.25) is 0 Å². The predicted molar refractivity (Wildman–Crippen MR) is 67.3 cm³/mol. The largest absolute Gasteiger partial charge is 0.0654 e. The van der Waals surface area contributed by atoms with Gasteiger partial charge in [0.1, 0.15) is 0 Å². The van der Waals surface area contributed by atoms with Crippen molar-refractivity contribution in [3.63, 3.8) is 0 Å². The second-order valence-electron chi connectivity index (χ2n) is 5.59. The first-order valence-electron chi connectivity index (χ1n) is 6.47. The van der Waals surface area contributed by atoms with Gasteiger partial charge in [0.05, 0.1) is 8.80 Å². The smallest absolute Gasteiger partial charge is 0.0537 e. The van der Waals surface area contributed by atoms with Crippen LogP contribution in [0, 0.1) is 5.92 Å². The first kappa shape index (κ1) is 12.3. The summed E-state index contributed by atoms with van der Waals surface area (Å²) >= 11 is 0. The van der Waals surface area contributed by atoms with Gasteiger partial charge in [-0.25, -0.2) is 0 Å². The zero-order chi connectivity index (χ0) is 10.6. The lowest BCUT2D eigenvalue weighted by molar-refractivity contribution is 0.381. The predicted octanol–water partition coefficient (Wildman–Crippen LogP) is 4.88. The summed E-state index contributed by atoms with van der Waals surface area (Å²) in [6.07, 6.45) is 7.59. The van der Waals surface area contributed by atoms with Gasteiger partial charge in [0.2, 0.25) is 0 Å². The van der Waals surface area contributed by atoms with E-state index in [-0.39, 0.29) is 8.80 Å². The Balaban J connectivity index is 2.37. The van der Waals surface area contributed by atoms with Crippen molar-refractivity contribution in [2.75, 3.05) is 0 Å². The SMILES string of the molecule is CC(C)[Si](CC1CCCCC1)C(C)C. The van der Waals surface area contributed by atoms with E-state index in [1.54, 1.807) is 6.04 Å². The van der Waals surface area contributed by atoms with E-state index in [9.17, 15) is 0 Å². The minimum atomic E-state index is -0.0776. The summed E-state index contributed by atoms with van der Waals surface area (Å²) in [7, 11) is -0.0776. The first-order chi connectivity index (χ1) is 6.61. The van der Waals surface area contributed by atoms with Gasteiger partial charge in [0, 0.05) is 0 Å². The standard InChI is InChI=1S/C13H27Si/c1-11(2)14(12(3)4)10-13-8-6-5-7-9-13/h11-13H,5-10H2,1-4H3. The summed E-state index contributed by atoms with van der Waals surface area (Å²) < 4.78 is 0. The Morgan fingerprint density at radius 2 is 1.43 bits per heavy atom. The Morgan fingerprint density at radius 3 is 1.86 bits per heavy atom. The minimum Gasteiger partial charge on any atom is -0.0654 e. The molecule has 0 aromatic rings. The van der Waals surface area contributed by atoms with Crippen molar-refractivity contribution < 1.29 is 0 Å². The van der Waals surface area contributed by atoms with Gasteiger partial charge in [0.25, 0.3) is 0 Å². The summed E-state index contributed by atoms with van der Waals surface area (Å²) in [5, 5.41) is 0. The second-order valence-corrected chi connectivity index (χ2v) is 9.46. The van der Waals surface area contributed by atoms with Gasteiger partial charge in [0.15, 0.2) is 0 Å². The van der Waals surface area contributed by atoms with E-state index in [4.69, 9.17) is 0 Å². The third-order valence-corrected chi connectivity index (χ3v) is 7.75. The molecule has 1 aliphatic rings. The molecule has 0 unspecified atom stereocenters.